The molecule has 1 fully saturated rings. The molecule has 0 atom stereocenters. The first-order valence-electron chi connectivity index (χ1n) is 7.74. The van der Waals surface area contributed by atoms with Crippen LogP contribution in [0.2, 0.25) is 0 Å². The Morgan fingerprint density at radius 2 is 2.04 bits per heavy atom. The molecule has 0 saturated heterocycles. The van der Waals surface area contributed by atoms with Gasteiger partial charge >= 0.3 is 0 Å². The van der Waals surface area contributed by atoms with E-state index < -0.39 is 0 Å². The fourth-order valence-corrected chi connectivity index (χ4v) is 1.96. The fourth-order valence-electron chi connectivity index (χ4n) is 1.96. The second-order valence-electron chi connectivity index (χ2n) is 5.38. The zero-order valence-electron chi connectivity index (χ0n) is 13.2. The quantitative estimate of drug-likeness (QED) is 0.766. The third kappa shape index (κ3) is 4.13. The van der Waals surface area contributed by atoms with E-state index in [1.165, 1.54) is 4.80 Å². The first-order valence-corrected chi connectivity index (χ1v) is 7.74. The summed E-state index contributed by atoms with van der Waals surface area (Å²) in [7, 11) is 0. The van der Waals surface area contributed by atoms with Crippen LogP contribution in [0.25, 0.3) is 5.69 Å². The van der Waals surface area contributed by atoms with Crippen LogP contribution in [0, 0.1) is 0 Å². The highest BCUT2D eigenvalue weighted by Crippen LogP contribution is 2.19. The van der Waals surface area contributed by atoms with E-state index in [1.807, 2.05) is 6.92 Å². The largest absolute Gasteiger partial charge is 0.372 e. The Labute approximate surface area is 138 Å². The zero-order chi connectivity index (χ0) is 16.9. The molecule has 0 radical (unpaired) electrons. The van der Waals surface area contributed by atoms with Crippen molar-refractivity contribution in [2.24, 2.45) is 0 Å². The molecule has 2 amide bonds. The zero-order valence-corrected chi connectivity index (χ0v) is 13.2. The number of amides is 2. The fraction of sp³-hybridized carbons (Fsp3) is 0.400. The van der Waals surface area contributed by atoms with Gasteiger partial charge in [-0.3, -0.25) is 9.59 Å². The van der Waals surface area contributed by atoms with E-state index in [2.05, 4.69) is 26.0 Å². The molecule has 1 saturated carbocycles. The van der Waals surface area contributed by atoms with Crippen LogP contribution in [-0.2, 0) is 9.53 Å². The number of hydrogen-bond acceptors (Lipinski definition) is 6. The van der Waals surface area contributed by atoms with Gasteiger partial charge in [0.15, 0.2) is 0 Å². The van der Waals surface area contributed by atoms with E-state index in [9.17, 15) is 9.59 Å². The predicted octanol–water partition coefficient (Wildman–Crippen LogP) is 0.529. The monoisotopic (exact) mass is 330 g/mol. The smallest absolute Gasteiger partial charge is 0.293 e. The van der Waals surface area contributed by atoms with Gasteiger partial charge in [0.1, 0.15) is 6.61 Å². The van der Waals surface area contributed by atoms with Gasteiger partial charge in [-0.05, 0) is 49.2 Å². The first-order chi connectivity index (χ1) is 11.7. The number of tetrazole rings is 1. The van der Waals surface area contributed by atoms with Gasteiger partial charge in [0.2, 0.25) is 5.91 Å². The maximum absolute atomic E-state index is 11.9. The molecule has 1 aromatic heterocycles. The number of nitrogens with zero attached hydrogens (tertiary/aromatic N) is 4. The standard InChI is InChI=1S/C15H18N6O3/c1-2-24-9-13(22)16-10-5-7-12(8-6-10)21-19-14(18-20-21)15(23)17-11-3-4-11/h5-8,11H,2-4,9H2,1H3,(H,16,22)(H,17,23). The lowest BCUT2D eigenvalue weighted by Gasteiger charge is -2.06. The van der Waals surface area contributed by atoms with E-state index in [1.54, 1.807) is 24.3 Å². The Morgan fingerprint density at radius 3 is 2.71 bits per heavy atom. The summed E-state index contributed by atoms with van der Waals surface area (Å²) in [5.41, 5.74) is 1.27. The summed E-state index contributed by atoms with van der Waals surface area (Å²) < 4.78 is 5.04. The van der Waals surface area contributed by atoms with Crippen molar-refractivity contribution in [3.8, 4) is 5.69 Å². The Hall–Kier alpha value is -2.81. The number of carbonyl (C=O) groups excluding carboxylic acids is 2. The number of benzene rings is 1. The Morgan fingerprint density at radius 1 is 1.29 bits per heavy atom. The second-order valence-corrected chi connectivity index (χ2v) is 5.38. The van der Waals surface area contributed by atoms with Crippen LogP contribution in [-0.4, -0.2) is 51.3 Å². The third-order valence-corrected chi connectivity index (χ3v) is 3.35. The average Bonchev–Trinajstić information content (AvgIpc) is 3.25. The van der Waals surface area contributed by atoms with Gasteiger partial charge < -0.3 is 15.4 Å². The third-order valence-electron chi connectivity index (χ3n) is 3.35. The van der Waals surface area contributed by atoms with Crippen LogP contribution in [0.5, 0.6) is 0 Å². The minimum absolute atomic E-state index is 0.0162. The Balaban J connectivity index is 1.61. The van der Waals surface area contributed by atoms with Crippen molar-refractivity contribution in [3.63, 3.8) is 0 Å². The molecular formula is C15H18N6O3. The maximum Gasteiger partial charge on any atom is 0.293 e. The molecule has 1 aliphatic rings. The van der Waals surface area contributed by atoms with E-state index in [0.29, 0.717) is 18.0 Å². The van der Waals surface area contributed by atoms with Crippen molar-refractivity contribution in [2.75, 3.05) is 18.5 Å². The van der Waals surface area contributed by atoms with Gasteiger partial charge in [-0.1, -0.05) is 0 Å². The van der Waals surface area contributed by atoms with Gasteiger partial charge in [-0.2, -0.15) is 0 Å². The molecule has 2 N–H and O–H groups in total. The molecule has 126 valence electrons. The lowest BCUT2D eigenvalue weighted by molar-refractivity contribution is -0.120. The second kappa shape index (κ2) is 7.18. The lowest BCUT2D eigenvalue weighted by atomic mass is 10.3. The van der Waals surface area contributed by atoms with E-state index in [-0.39, 0.29) is 30.3 Å². The first kappa shape index (κ1) is 16.1. The van der Waals surface area contributed by atoms with Crippen molar-refractivity contribution < 1.29 is 14.3 Å². The van der Waals surface area contributed by atoms with Gasteiger partial charge in [-0.15, -0.1) is 15.0 Å². The molecule has 0 bridgehead atoms. The Kier molecular flexibility index (Phi) is 4.80. The molecule has 0 unspecified atom stereocenters. The molecule has 9 nitrogen and oxygen atoms in total. The summed E-state index contributed by atoms with van der Waals surface area (Å²) >= 11 is 0. The minimum atomic E-state index is -0.316. The SMILES string of the molecule is CCOCC(=O)Nc1ccc(-n2nnc(C(=O)NC3CC3)n2)cc1. The number of hydrogen-bond donors (Lipinski definition) is 2. The summed E-state index contributed by atoms with van der Waals surface area (Å²) in [6.45, 7) is 2.33. The Bertz CT molecular complexity index is 723. The summed E-state index contributed by atoms with van der Waals surface area (Å²) in [4.78, 5) is 24.7. The van der Waals surface area contributed by atoms with Crippen molar-refractivity contribution in [1.29, 1.82) is 0 Å². The van der Waals surface area contributed by atoms with Crippen LogP contribution < -0.4 is 10.6 Å². The van der Waals surface area contributed by atoms with Crippen molar-refractivity contribution >= 4 is 17.5 Å². The molecule has 1 aromatic carbocycles. The molecule has 1 aliphatic carbocycles. The lowest BCUT2D eigenvalue weighted by Crippen LogP contribution is -2.26. The summed E-state index contributed by atoms with van der Waals surface area (Å²) in [5.74, 6) is -0.498. The summed E-state index contributed by atoms with van der Waals surface area (Å²) in [6.07, 6.45) is 1.99. The maximum atomic E-state index is 11.9. The normalized spacial score (nSPS) is 13.5. The van der Waals surface area contributed by atoms with E-state index >= 15 is 0 Å². The summed E-state index contributed by atoms with van der Waals surface area (Å²) in [5, 5.41) is 17.2. The minimum Gasteiger partial charge on any atom is -0.372 e. The van der Waals surface area contributed by atoms with Crippen LogP contribution in [0.4, 0.5) is 5.69 Å². The number of ether oxygens (including phenoxy) is 1. The molecule has 24 heavy (non-hydrogen) atoms. The number of carbonyl (C=O) groups is 2. The van der Waals surface area contributed by atoms with Crippen molar-refractivity contribution in [3.05, 3.63) is 30.1 Å². The number of rotatable bonds is 7. The molecule has 2 aromatic rings. The van der Waals surface area contributed by atoms with Gasteiger partial charge in [0, 0.05) is 18.3 Å². The van der Waals surface area contributed by atoms with Crippen LogP contribution in [0.1, 0.15) is 30.4 Å². The highest BCUT2D eigenvalue weighted by atomic mass is 16.5. The van der Waals surface area contributed by atoms with Crippen molar-refractivity contribution in [1.82, 2.24) is 25.5 Å². The molecule has 0 spiro atoms. The molecule has 1 heterocycles. The summed E-state index contributed by atoms with van der Waals surface area (Å²) in [6, 6.07) is 7.11. The molecule has 9 heteroatoms. The topological polar surface area (TPSA) is 111 Å². The van der Waals surface area contributed by atoms with E-state index in [4.69, 9.17) is 4.74 Å². The molecular weight excluding hydrogens is 312 g/mol. The number of nitrogens with one attached hydrogen (secondary N) is 2. The van der Waals surface area contributed by atoms with Crippen LogP contribution in [0.3, 0.4) is 0 Å². The number of anilines is 1. The van der Waals surface area contributed by atoms with Gasteiger partial charge in [0.05, 0.1) is 5.69 Å². The molecule has 0 aliphatic heterocycles. The van der Waals surface area contributed by atoms with Gasteiger partial charge in [-0.25, -0.2) is 0 Å². The van der Waals surface area contributed by atoms with Gasteiger partial charge in [0.25, 0.3) is 11.7 Å². The highest BCUT2D eigenvalue weighted by molar-refractivity contribution is 5.92. The number of aromatic nitrogens is 4. The van der Waals surface area contributed by atoms with Crippen molar-refractivity contribution in [2.45, 2.75) is 25.8 Å². The van der Waals surface area contributed by atoms with E-state index in [0.717, 1.165) is 12.8 Å². The predicted molar refractivity (Wildman–Crippen MR) is 84.8 cm³/mol. The molecule has 3 rings (SSSR count). The average molecular weight is 330 g/mol. The van der Waals surface area contributed by atoms with Crippen LogP contribution in [0.15, 0.2) is 24.3 Å². The van der Waals surface area contributed by atoms with Crippen LogP contribution >= 0.6 is 0 Å². The highest BCUT2D eigenvalue weighted by Gasteiger charge is 2.25.